The number of pyridine rings is 1. The van der Waals surface area contributed by atoms with Crippen LogP contribution < -0.4 is 9.62 Å². The van der Waals surface area contributed by atoms with Gasteiger partial charge in [-0.15, -0.1) is 0 Å². The minimum absolute atomic E-state index is 0.0197. The fourth-order valence-electron chi connectivity index (χ4n) is 6.26. The van der Waals surface area contributed by atoms with Gasteiger partial charge in [0.2, 0.25) is 10.0 Å². The molecular weight excluding hydrogens is 520 g/mol. The number of amides is 1. The van der Waals surface area contributed by atoms with E-state index in [1.54, 1.807) is 18.2 Å². The van der Waals surface area contributed by atoms with Crippen molar-refractivity contribution >= 4 is 33.2 Å². The molecule has 2 saturated heterocycles. The Morgan fingerprint density at radius 1 is 1.00 bits per heavy atom. The smallest absolute Gasteiger partial charge is 0.253 e. The molecule has 1 spiro atoms. The summed E-state index contributed by atoms with van der Waals surface area (Å²) in [5.41, 5.74) is 4.04. The van der Waals surface area contributed by atoms with Gasteiger partial charge in [-0.3, -0.25) is 9.78 Å². The number of hydrogen-bond donors (Lipinski definition) is 1. The SMILES string of the molecule is O=C(c1ccc2c(c1)C(NS(=O)(=O)c1ccccc1Cl)CC2)N1CCC2(CC1)CCN(c1ccncc1)C2. The van der Waals surface area contributed by atoms with Crippen LogP contribution in [-0.4, -0.2) is 50.4 Å². The summed E-state index contributed by atoms with van der Waals surface area (Å²) >= 11 is 6.16. The number of fused-ring (bicyclic) bond motifs is 1. The second-order valence-electron chi connectivity index (χ2n) is 10.7. The molecule has 1 amide bonds. The monoisotopic (exact) mass is 550 g/mol. The van der Waals surface area contributed by atoms with Crippen LogP contribution in [0, 0.1) is 5.41 Å². The molecule has 3 aliphatic rings. The number of nitrogens with zero attached hydrogens (tertiary/aromatic N) is 3. The van der Waals surface area contributed by atoms with E-state index in [-0.39, 0.29) is 27.3 Å². The van der Waals surface area contributed by atoms with Gasteiger partial charge >= 0.3 is 0 Å². The quantitative estimate of drug-likeness (QED) is 0.492. The van der Waals surface area contributed by atoms with Gasteiger partial charge in [0.1, 0.15) is 4.90 Å². The number of piperidine rings is 1. The van der Waals surface area contributed by atoms with Crippen molar-refractivity contribution in [2.24, 2.45) is 5.41 Å². The number of benzene rings is 2. The van der Waals surface area contributed by atoms with Crippen molar-refractivity contribution in [2.45, 2.75) is 43.0 Å². The Morgan fingerprint density at radius 3 is 2.50 bits per heavy atom. The third-order valence-corrected chi connectivity index (χ3v) is 10.4. The lowest BCUT2D eigenvalue weighted by Gasteiger charge is -2.39. The molecule has 1 aliphatic carbocycles. The van der Waals surface area contributed by atoms with E-state index < -0.39 is 10.0 Å². The molecule has 7 nitrogen and oxygen atoms in total. The number of sulfonamides is 1. The Kier molecular flexibility index (Phi) is 6.66. The molecule has 1 N–H and O–H groups in total. The second-order valence-corrected chi connectivity index (χ2v) is 12.8. The lowest BCUT2D eigenvalue weighted by molar-refractivity contribution is 0.0610. The Labute approximate surface area is 228 Å². The average Bonchev–Trinajstić information content (AvgIpc) is 3.53. The molecule has 1 aromatic heterocycles. The molecule has 198 valence electrons. The standard InChI is InChI=1S/C29H31ClN4O3S/c30-25-3-1-2-4-27(25)38(36,37)32-26-8-7-21-5-6-22(19-24(21)26)28(35)33-16-11-29(12-17-33)13-18-34(20-29)23-9-14-31-15-10-23/h1-6,9-10,14-15,19,26,32H,7-8,11-13,16-18,20H2. The summed E-state index contributed by atoms with van der Waals surface area (Å²) in [6, 6.07) is 15.9. The molecule has 1 unspecified atom stereocenters. The first-order chi connectivity index (χ1) is 18.3. The van der Waals surface area contributed by atoms with Crippen LogP contribution in [0.3, 0.4) is 0 Å². The third kappa shape index (κ3) is 4.81. The Morgan fingerprint density at radius 2 is 1.74 bits per heavy atom. The molecule has 6 rings (SSSR count). The van der Waals surface area contributed by atoms with E-state index in [1.807, 2.05) is 35.5 Å². The number of nitrogens with one attached hydrogen (secondary N) is 1. The van der Waals surface area contributed by atoms with E-state index in [2.05, 4.69) is 26.7 Å². The highest BCUT2D eigenvalue weighted by molar-refractivity contribution is 7.89. The van der Waals surface area contributed by atoms with Crippen molar-refractivity contribution in [3.8, 4) is 0 Å². The van der Waals surface area contributed by atoms with Gasteiger partial charge in [0.25, 0.3) is 5.91 Å². The number of anilines is 1. The van der Waals surface area contributed by atoms with Crippen LogP contribution in [0.2, 0.25) is 5.02 Å². The molecule has 38 heavy (non-hydrogen) atoms. The minimum Gasteiger partial charge on any atom is -0.371 e. The Hall–Kier alpha value is -2.94. The summed E-state index contributed by atoms with van der Waals surface area (Å²) < 4.78 is 28.9. The van der Waals surface area contributed by atoms with Crippen molar-refractivity contribution in [1.29, 1.82) is 0 Å². The first kappa shape index (κ1) is 25.3. The van der Waals surface area contributed by atoms with Crippen molar-refractivity contribution in [3.63, 3.8) is 0 Å². The number of aromatic nitrogens is 1. The topological polar surface area (TPSA) is 82.6 Å². The summed E-state index contributed by atoms with van der Waals surface area (Å²) in [5, 5.41) is 0.191. The first-order valence-electron chi connectivity index (χ1n) is 13.2. The normalized spacial score (nSPS) is 20.6. The van der Waals surface area contributed by atoms with Gasteiger partial charge in [-0.2, -0.15) is 0 Å². The van der Waals surface area contributed by atoms with E-state index >= 15 is 0 Å². The van der Waals surface area contributed by atoms with Crippen LogP contribution in [0.25, 0.3) is 0 Å². The van der Waals surface area contributed by atoms with E-state index in [1.165, 1.54) is 11.8 Å². The number of carbonyl (C=O) groups is 1. The number of hydrogen-bond acceptors (Lipinski definition) is 5. The van der Waals surface area contributed by atoms with E-state index in [9.17, 15) is 13.2 Å². The van der Waals surface area contributed by atoms with Gasteiger partial charge in [-0.05, 0) is 85.0 Å². The van der Waals surface area contributed by atoms with E-state index in [0.717, 1.165) is 63.0 Å². The lowest BCUT2D eigenvalue weighted by Crippen LogP contribution is -2.44. The summed E-state index contributed by atoms with van der Waals surface area (Å²) in [6.45, 7) is 3.53. The first-order valence-corrected chi connectivity index (χ1v) is 15.0. The van der Waals surface area contributed by atoms with Crippen LogP contribution in [0.1, 0.15) is 53.2 Å². The van der Waals surface area contributed by atoms with Crippen molar-refractivity contribution in [3.05, 3.63) is 88.7 Å². The highest BCUT2D eigenvalue weighted by Crippen LogP contribution is 2.42. The maximum absolute atomic E-state index is 13.5. The van der Waals surface area contributed by atoms with E-state index in [0.29, 0.717) is 12.0 Å². The summed E-state index contributed by atoms with van der Waals surface area (Å²) in [6.07, 6.45) is 8.21. The minimum atomic E-state index is -3.79. The predicted octanol–water partition coefficient (Wildman–Crippen LogP) is 4.83. The fourth-order valence-corrected chi connectivity index (χ4v) is 8.03. The van der Waals surface area contributed by atoms with Crippen LogP contribution in [-0.2, 0) is 16.4 Å². The van der Waals surface area contributed by atoms with Crippen molar-refractivity contribution in [2.75, 3.05) is 31.1 Å². The van der Waals surface area contributed by atoms with Gasteiger partial charge < -0.3 is 9.80 Å². The van der Waals surface area contributed by atoms with Crippen LogP contribution in [0.4, 0.5) is 5.69 Å². The number of carbonyl (C=O) groups excluding carboxylic acids is 1. The highest BCUT2D eigenvalue weighted by Gasteiger charge is 2.41. The zero-order valence-corrected chi connectivity index (χ0v) is 22.7. The molecule has 2 aliphatic heterocycles. The van der Waals surface area contributed by atoms with Crippen LogP contribution >= 0.6 is 11.6 Å². The van der Waals surface area contributed by atoms with Crippen LogP contribution in [0.5, 0.6) is 0 Å². The molecular formula is C29H31ClN4O3S. The molecule has 0 saturated carbocycles. The van der Waals surface area contributed by atoms with Gasteiger partial charge in [-0.25, -0.2) is 13.1 Å². The summed E-state index contributed by atoms with van der Waals surface area (Å²) in [4.78, 5) is 22.1. The summed E-state index contributed by atoms with van der Waals surface area (Å²) in [5.74, 6) is 0.0197. The maximum Gasteiger partial charge on any atom is 0.253 e. The van der Waals surface area contributed by atoms with Gasteiger partial charge in [0, 0.05) is 55.9 Å². The van der Waals surface area contributed by atoms with Crippen molar-refractivity contribution < 1.29 is 13.2 Å². The Bertz CT molecular complexity index is 1460. The highest BCUT2D eigenvalue weighted by atomic mass is 35.5. The van der Waals surface area contributed by atoms with Crippen molar-refractivity contribution in [1.82, 2.24) is 14.6 Å². The molecule has 0 bridgehead atoms. The van der Waals surface area contributed by atoms with Gasteiger partial charge in [0.05, 0.1) is 5.02 Å². The van der Waals surface area contributed by atoms with Crippen LogP contribution in [0.15, 0.2) is 71.9 Å². The van der Waals surface area contributed by atoms with Gasteiger partial charge in [-0.1, -0.05) is 29.8 Å². The number of halogens is 1. The summed E-state index contributed by atoms with van der Waals surface area (Å²) in [7, 11) is -3.79. The lowest BCUT2D eigenvalue weighted by atomic mass is 9.77. The number of aryl methyl sites for hydroxylation is 1. The molecule has 0 radical (unpaired) electrons. The second kappa shape index (κ2) is 9.98. The number of likely N-dealkylation sites (tertiary alicyclic amines) is 1. The zero-order chi connectivity index (χ0) is 26.3. The molecule has 2 aromatic carbocycles. The molecule has 9 heteroatoms. The zero-order valence-electron chi connectivity index (χ0n) is 21.1. The predicted molar refractivity (Wildman–Crippen MR) is 148 cm³/mol. The maximum atomic E-state index is 13.5. The molecule has 3 heterocycles. The van der Waals surface area contributed by atoms with E-state index in [4.69, 9.17) is 11.6 Å². The fraction of sp³-hybridized carbons (Fsp3) is 0.379. The molecule has 1 atom stereocenters. The third-order valence-electron chi connectivity index (χ3n) is 8.47. The van der Waals surface area contributed by atoms with Gasteiger partial charge in [0.15, 0.2) is 0 Å². The molecule has 3 aromatic rings. The molecule has 2 fully saturated rings. The Balaban J connectivity index is 1.13. The largest absolute Gasteiger partial charge is 0.371 e. The average molecular weight is 551 g/mol. The number of rotatable bonds is 5.